The van der Waals surface area contributed by atoms with Crippen molar-refractivity contribution in [3.8, 4) is 6.07 Å². The van der Waals surface area contributed by atoms with Gasteiger partial charge >= 0.3 is 0 Å². The minimum atomic E-state index is 0.0251. The van der Waals surface area contributed by atoms with Crippen LogP contribution < -0.4 is 5.73 Å². The van der Waals surface area contributed by atoms with Gasteiger partial charge < -0.3 is 10.6 Å². The minimum absolute atomic E-state index is 0.0251. The summed E-state index contributed by atoms with van der Waals surface area (Å²) in [4.78, 5) is 14.4. The molecule has 2 N–H and O–H groups in total. The largest absolute Gasteiger partial charge is 0.399 e. The summed E-state index contributed by atoms with van der Waals surface area (Å²) in [6.45, 7) is 2.47. The number of nitrogens with zero attached hydrogens (tertiary/aromatic N) is 2. The molecule has 0 saturated heterocycles. The molecule has 0 atom stereocenters. The van der Waals surface area contributed by atoms with Crippen LogP contribution in [0.3, 0.4) is 0 Å². The van der Waals surface area contributed by atoms with Gasteiger partial charge in [0.25, 0.3) is 0 Å². The number of aryl methyl sites for hydroxylation is 1. The summed E-state index contributed by atoms with van der Waals surface area (Å²) in [6, 6.07) is 7.70. The van der Waals surface area contributed by atoms with Gasteiger partial charge in [-0.2, -0.15) is 5.26 Å². The number of rotatable bonds is 5. The van der Waals surface area contributed by atoms with E-state index in [1.165, 1.54) is 11.8 Å². The first-order valence-corrected chi connectivity index (χ1v) is 6.63. The second kappa shape index (κ2) is 6.92. The van der Waals surface area contributed by atoms with Crippen LogP contribution in [-0.4, -0.2) is 30.2 Å². The van der Waals surface area contributed by atoms with Gasteiger partial charge in [0.15, 0.2) is 0 Å². The van der Waals surface area contributed by atoms with E-state index in [0.717, 1.165) is 10.5 Å². The molecule has 0 spiro atoms. The van der Waals surface area contributed by atoms with Crippen LogP contribution in [0.15, 0.2) is 23.1 Å². The molecule has 5 heteroatoms. The van der Waals surface area contributed by atoms with Gasteiger partial charge in [0, 0.05) is 24.2 Å². The van der Waals surface area contributed by atoms with E-state index < -0.39 is 0 Å². The Labute approximate surface area is 112 Å². The number of anilines is 1. The molecule has 0 aromatic heterocycles. The number of nitrogen functional groups attached to an aromatic ring is 1. The Kier molecular flexibility index (Phi) is 5.53. The first-order chi connectivity index (χ1) is 8.54. The normalized spacial score (nSPS) is 9.83. The van der Waals surface area contributed by atoms with Gasteiger partial charge in [-0.25, -0.2) is 0 Å². The maximum atomic E-state index is 11.8. The molecule has 1 aromatic rings. The molecular weight excluding hydrogens is 246 g/mol. The second-order valence-electron chi connectivity index (χ2n) is 4.04. The smallest absolute Gasteiger partial charge is 0.232 e. The monoisotopic (exact) mass is 263 g/mol. The summed E-state index contributed by atoms with van der Waals surface area (Å²) in [5.41, 5.74) is 7.53. The number of amides is 1. The Balaban J connectivity index is 2.52. The topological polar surface area (TPSA) is 70.1 Å². The molecular formula is C13H17N3OS. The van der Waals surface area contributed by atoms with Crippen molar-refractivity contribution in [2.24, 2.45) is 0 Å². The molecule has 18 heavy (non-hydrogen) atoms. The van der Waals surface area contributed by atoms with E-state index in [4.69, 9.17) is 11.0 Å². The number of nitrogens with two attached hydrogens (primary N) is 1. The maximum Gasteiger partial charge on any atom is 0.232 e. The number of thioether (sulfide) groups is 1. The van der Waals surface area contributed by atoms with Crippen LogP contribution in [0.2, 0.25) is 0 Å². The Morgan fingerprint density at radius 2 is 2.28 bits per heavy atom. The van der Waals surface area contributed by atoms with Crippen molar-refractivity contribution in [2.45, 2.75) is 18.2 Å². The lowest BCUT2D eigenvalue weighted by atomic mass is 10.2. The summed E-state index contributed by atoms with van der Waals surface area (Å²) in [6.07, 6.45) is 0.365. The summed E-state index contributed by atoms with van der Waals surface area (Å²) < 4.78 is 0. The van der Waals surface area contributed by atoms with E-state index >= 15 is 0 Å². The molecule has 0 aliphatic rings. The van der Waals surface area contributed by atoms with E-state index in [-0.39, 0.29) is 5.91 Å². The molecule has 1 amide bonds. The molecule has 0 bridgehead atoms. The average molecular weight is 263 g/mol. The summed E-state index contributed by atoms with van der Waals surface area (Å²) in [5.74, 6) is 0.392. The molecule has 0 aliphatic carbocycles. The van der Waals surface area contributed by atoms with Crippen LogP contribution >= 0.6 is 11.8 Å². The van der Waals surface area contributed by atoms with Gasteiger partial charge in [-0.05, 0) is 24.6 Å². The Morgan fingerprint density at radius 3 is 2.94 bits per heavy atom. The Hall–Kier alpha value is -1.67. The van der Waals surface area contributed by atoms with Crippen LogP contribution in [0.25, 0.3) is 0 Å². The highest BCUT2D eigenvalue weighted by molar-refractivity contribution is 8.00. The maximum absolute atomic E-state index is 11.8. The fourth-order valence-corrected chi connectivity index (χ4v) is 2.38. The van der Waals surface area contributed by atoms with Crippen LogP contribution in [-0.2, 0) is 4.79 Å². The lowest BCUT2D eigenvalue weighted by Crippen LogP contribution is -2.29. The minimum Gasteiger partial charge on any atom is -0.399 e. The molecule has 0 heterocycles. The Morgan fingerprint density at radius 1 is 1.56 bits per heavy atom. The van der Waals surface area contributed by atoms with Crippen LogP contribution in [0.5, 0.6) is 0 Å². The third kappa shape index (κ3) is 4.30. The summed E-state index contributed by atoms with van der Waals surface area (Å²) in [7, 11) is 1.71. The lowest BCUT2D eigenvalue weighted by molar-refractivity contribution is -0.127. The van der Waals surface area contributed by atoms with Crippen molar-refractivity contribution in [3.63, 3.8) is 0 Å². The predicted octanol–water partition coefficient (Wildman–Crippen LogP) is 2.04. The molecule has 1 aromatic carbocycles. The molecule has 0 fully saturated rings. The van der Waals surface area contributed by atoms with Gasteiger partial charge in [0.05, 0.1) is 18.2 Å². The van der Waals surface area contributed by atoms with Gasteiger partial charge in [-0.3, -0.25) is 4.79 Å². The zero-order valence-electron chi connectivity index (χ0n) is 10.6. The van der Waals surface area contributed by atoms with Crippen molar-refractivity contribution < 1.29 is 4.79 Å². The van der Waals surface area contributed by atoms with E-state index in [0.29, 0.717) is 24.4 Å². The van der Waals surface area contributed by atoms with Gasteiger partial charge in [0.2, 0.25) is 5.91 Å². The van der Waals surface area contributed by atoms with Crippen LogP contribution in [0.1, 0.15) is 12.0 Å². The van der Waals surface area contributed by atoms with Gasteiger partial charge in [-0.1, -0.05) is 6.07 Å². The number of hydrogen-bond acceptors (Lipinski definition) is 4. The molecule has 0 aliphatic heterocycles. The highest BCUT2D eigenvalue weighted by atomic mass is 32.2. The second-order valence-corrected chi connectivity index (χ2v) is 5.05. The third-order valence-electron chi connectivity index (χ3n) is 2.55. The van der Waals surface area contributed by atoms with Crippen molar-refractivity contribution in [3.05, 3.63) is 23.8 Å². The van der Waals surface area contributed by atoms with Crippen LogP contribution in [0.4, 0.5) is 5.69 Å². The van der Waals surface area contributed by atoms with Crippen molar-refractivity contribution in [1.82, 2.24) is 4.90 Å². The fraction of sp³-hybridized carbons (Fsp3) is 0.385. The lowest BCUT2D eigenvalue weighted by Gasteiger charge is -2.15. The van der Waals surface area contributed by atoms with E-state index in [9.17, 15) is 4.79 Å². The third-order valence-corrected chi connectivity index (χ3v) is 3.69. The number of carbonyl (C=O) groups is 1. The Bertz CT molecular complexity index is 468. The fourth-order valence-electron chi connectivity index (χ4n) is 1.36. The SMILES string of the molecule is Cc1ccc(N)cc1SCC(=O)N(C)CCC#N. The van der Waals surface area contributed by atoms with Crippen molar-refractivity contribution in [2.75, 3.05) is 25.1 Å². The number of hydrogen-bond donors (Lipinski definition) is 1. The zero-order chi connectivity index (χ0) is 13.5. The zero-order valence-corrected chi connectivity index (χ0v) is 11.5. The van der Waals surface area contributed by atoms with E-state index in [2.05, 4.69) is 0 Å². The average Bonchev–Trinajstić information content (AvgIpc) is 2.36. The van der Waals surface area contributed by atoms with Gasteiger partial charge in [0.1, 0.15) is 0 Å². The van der Waals surface area contributed by atoms with Crippen LogP contribution in [0, 0.1) is 18.3 Å². The molecule has 4 nitrogen and oxygen atoms in total. The molecule has 0 radical (unpaired) electrons. The predicted molar refractivity (Wildman–Crippen MR) is 74.2 cm³/mol. The molecule has 1 rings (SSSR count). The number of benzene rings is 1. The van der Waals surface area contributed by atoms with Crippen molar-refractivity contribution >= 4 is 23.4 Å². The first-order valence-electron chi connectivity index (χ1n) is 5.64. The summed E-state index contributed by atoms with van der Waals surface area (Å²) >= 11 is 1.48. The highest BCUT2D eigenvalue weighted by Crippen LogP contribution is 2.24. The molecule has 96 valence electrons. The molecule has 0 saturated carbocycles. The summed E-state index contributed by atoms with van der Waals surface area (Å²) in [5, 5.41) is 8.46. The molecule has 0 unspecified atom stereocenters. The first kappa shape index (κ1) is 14.4. The quantitative estimate of drug-likeness (QED) is 0.652. The van der Waals surface area contributed by atoms with E-state index in [1.54, 1.807) is 11.9 Å². The highest BCUT2D eigenvalue weighted by Gasteiger charge is 2.09. The van der Waals surface area contributed by atoms with E-state index in [1.807, 2.05) is 31.2 Å². The number of nitriles is 1. The van der Waals surface area contributed by atoms with Crippen molar-refractivity contribution in [1.29, 1.82) is 5.26 Å². The number of carbonyl (C=O) groups excluding carboxylic acids is 1. The standard InChI is InChI=1S/C13H17N3OS/c1-10-4-5-11(15)8-12(10)18-9-13(17)16(2)7-3-6-14/h4-5,8H,3,7,9,15H2,1-2H3. The van der Waals surface area contributed by atoms with Gasteiger partial charge in [-0.15, -0.1) is 11.8 Å².